The Kier molecular flexibility index (Phi) is 6.07. The summed E-state index contributed by atoms with van der Waals surface area (Å²) in [5.41, 5.74) is 1.53. The second-order valence-corrected chi connectivity index (χ2v) is 9.55. The first-order chi connectivity index (χ1) is 15.8. The number of hydrogen-bond donors (Lipinski definition) is 1. The van der Waals surface area contributed by atoms with Gasteiger partial charge in [-0.25, -0.2) is 13.2 Å². The predicted molar refractivity (Wildman–Crippen MR) is 120 cm³/mol. The van der Waals surface area contributed by atoms with Crippen LogP contribution in [0.5, 0.6) is 17.2 Å². The molecule has 2 aliphatic rings. The van der Waals surface area contributed by atoms with Crippen molar-refractivity contribution in [2.24, 2.45) is 0 Å². The molecule has 1 amide bonds. The number of fused-ring (bicyclic) bond motifs is 1. The average Bonchev–Trinajstić information content (AvgIpc) is 3.31. The van der Waals surface area contributed by atoms with Gasteiger partial charge in [-0.3, -0.25) is 9.10 Å². The summed E-state index contributed by atoms with van der Waals surface area (Å²) in [5.74, 6) is 0.0990. The molecule has 1 N–H and O–H groups in total. The number of cyclic esters (lactones) is 1. The second kappa shape index (κ2) is 8.81. The molecule has 11 heteroatoms. The van der Waals surface area contributed by atoms with Crippen LogP contribution in [-0.2, 0) is 19.6 Å². The first kappa shape index (κ1) is 22.7. The highest BCUT2D eigenvalue weighted by molar-refractivity contribution is 7.93. The molecule has 2 aliphatic heterocycles. The van der Waals surface area contributed by atoms with Gasteiger partial charge in [-0.05, 0) is 30.7 Å². The quantitative estimate of drug-likeness (QED) is 0.605. The van der Waals surface area contributed by atoms with Gasteiger partial charge in [0.05, 0.1) is 39.2 Å². The zero-order valence-corrected chi connectivity index (χ0v) is 19.2. The summed E-state index contributed by atoms with van der Waals surface area (Å²) in [6.45, 7) is 0.343. The van der Waals surface area contributed by atoms with Crippen molar-refractivity contribution in [2.45, 2.75) is 18.9 Å². The fourth-order valence-corrected chi connectivity index (χ4v) is 5.64. The zero-order chi connectivity index (χ0) is 23.8. The summed E-state index contributed by atoms with van der Waals surface area (Å²) in [7, 11) is 0.914. The minimum absolute atomic E-state index is 0.0629. The smallest absolute Gasteiger partial charge is 0.343 e. The lowest BCUT2D eigenvalue weighted by atomic mass is 10.0. The van der Waals surface area contributed by atoms with Gasteiger partial charge in [-0.1, -0.05) is 6.07 Å². The van der Waals surface area contributed by atoms with Crippen LogP contribution in [0.2, 0.25) is 0 Å². The van der Waals surface area contributed by atoms with Gasteiger partial charge in [0, 0.05) is 17.8 Å². The Morgan fingerprint density at radius 3 is 2.48 bits per heavy atom. The third kappa shape index (κ3) is 4.15. The van der Waals surface area contributed by atoms with E-state index in [0.29, 0.717) is 41.4 Å². The highest BCUT2D eigenvalue weighted by Crippen LogP contribution is 2.43. The summed E-state index contributed by atoms with van der Waals surface area (Å²) < 4.78 is 47.2. The van der Waals surface area contributed by atoms with Crippen molar-refractivity contribution in [1.29, 1.82) is 0 Å². The van der Waals surface area contributed by atoms with Crippen LogP contribution in [0.1, 0.15) is 34.9 Å². The van der Waals surface area contributed by atoms with Crippen molar-refractivity contribution in [3.63, 3.8) is 0 Å². The number of methoxy groups -OCH3 is 3. The first-order valence-corrected chi connectivity index (χ1v) is 11.8. The molecule has 10 nitrogen and oxygen atoms in total. The lowest BCUT2D eigenvalue weighted by molar-refractivity contribution is -0.118. The number of carbonyl (C=O) groups excluding carboxylic acids is 2. The van der Waals surface area contributed by atoms with E-state index in [0.717, 1.165) is 0 Å². The van der Waals surface area contributed by atoms with Crippen molar-refractivity contribution >= 4 is 33.3 Å². The van der Waals surface area contributed by atoms with E-state index < -0.39 is 28.0 Å². The maximum atomic E-state index is 12.8. The molecule has 1 unspecified atom stereocenters. The topological polar surface area (TPSA) is 120 Å². The molecule has 0 aromatic heterocycles. The summed E-state index contributed by atoms with van der Waals surface area (Å²) in [6, 6.07) is 8.09. The van der Waals surface area contributed by atoms with Crippen LogP contribution in [0.25, 0.3) is 0 Å². The number of nitrogens with zero attached hydrogens (tertiary/aromatic N) is 1. The van der Waals surface area contributed by atoms with Crippen LogP contribution in [-0.4, -0.2) is 53.9 Å². The number of nitrogens with one attached hydrogen (secondary N) is 1. The lowest BCUT2D eigenvalue weighted by Gasteiger charge is -2.21. The summed E-state index contributed by atoms with van der Waals surface area (Å²) in [4.78, 5) is 25.2. The first-order valence-electron chi connectivity index (χ1n) is 10.2. The fourth-order valence-electron chi connectivity index (χ4n) is 4.08. The Labute approximate surface area is 191 Å². The number of carbonyl (C=O) groups is 2. The van der Waals surface area contributed by atoms with Crippen LogP contribution >= 0.6 is 0 Å². The van der Waals surface area contributed by atoms with E-state index in [1.54, 1.807) is 30.3 Å². The Balaban J connectivity index is 1.54. The van der Waals surface area contributed by atoms with E-state index in [9.17, 15) is 18.0 Å². The maximum Gasteiger partial charge on any atom is 0.343 e. The molecule has 1 saturated heterocycles. The molecule has 0 saturated carbocycles. The van der Waals surface area contributed by atoms with Crippen molar-refractivity contribution in [3.05, 3.63) is 41.5 Å². The number of sulfonamides is 1. The molecule has 0 spiro atoms. The maximum absolute atomic E-state index is 12.8. The lowest BCUT2D eigenvalue weighted by Crippen LogP contribution is -2.25. The SMILES string of the molecule is COc1ccc(NC(=O)CC2OC(=O)c3c2ccc(OC)c3OC)cc1N1CCCS1(=O)=O. The molecule has 0 bridgehead atoms. The zero-order valence-electron chi connectivity index (χ0n) is 18.4. The predicted octanol–water partition coefficient (Wildman–Crippen LogP) is 2.49. The van der Waals surface area contributed by atoms with Gasteiger partial charge in [0.25, 0.3) is 0 Å². The molecule has 2 heterocycles. The van der Waals surface area contributed by atoms with Gasteiger partial charge < -0.3 is 24.3 Å². The number of ether oxygens (including phenoxy) is 4. The van der Waals surface area contributed by atoms with Crippen molar-refractivity contribution in [1.82, 2.24) is 0 Å². The molecule has 2 aromatic carbocycles. The molecule has 33 heavy (non-hydrogen) atoms. The number of esters is 1. The van der Waals surface area contributed by atoms with E-state index in [1.807, 2.05) is 0 Å². The van der Waals surface area contributed by atoms with E-state index in [2.05, 4.69) is 5.32 Å². The number of benzene rings is 2. The molecule has 4 rings (SSSR count). The average molecular weight is 477 g/mol. The normalized spacial score (nSPS) is 18.5. The highest BCUT2D eigenvalue weighted by Gasteiger charge is 2.37. The highest BCUT2D eigenvalue weighted by atomic mass is 32.2. The van der Waals surface area contributed by atoms with Crippen LogP contribution in [0.15, 0.2) is 30.3 Å². The monoisotopic (exact) mass is 476 g/mol. The molecule has 1 fully saturated rings. The molecule has 0 radical (unpaired) electrons. The van der Waals surface area contributed by atoms with Crippen LogP contribution in [0.3, 0.4) is 0 Å². The molecular formula is C22H24N2O8S. The van der Waals surface area contributed by atoms with Crippen LogP contribution in [0.4, 0.5) is 11.4 Å². The molecule has 176 valence electrons. The van der Waals surface area contributed by atoms with Gasteiger partial charge >= 0.3 is 5.97 Å². The van der Waals surface area contributed by atoms with Gasteiger partial charge in [0.2, 0.25) is 15.9 Å². The van der Waals surface area contributed by atoms with Crippen LogP contribution in [0, 0.1) is 0 Å². The molecule has 0 aliphatic carbocycles. The second-order valence-electron chi connectivity index (χ2n) is 7.54. The third-order valence-corrected chi connectivity index (χ3v) is 7.43. The van der Waals surface area contributed by atoms with Gasteiger partial charge in [0.1, 0.15) is 17.4 Å². The van der Waals surface area contributed by atoms with E-state index >= 15 is 0 Å². The standard InChI is InChI=1S/C22H24N2O8S/c1-29-16-7-5-13(11-15(16)24-9-4-10-33(24,27)28)23-19(25)12-18-14-6-8-17(30-2)21(31-3)20(14)22(26)32-18/h5-8,11,18H,4,9-10,12H2,1-3H3,(H,23,25). The van der Waals surface area contributed by atoms with Crippen LogP contribution < -0.4 is 23.8 Å². The van der Waals surface area contributed by atoms with Crippen molar-refractivity contribution in [2.75, 3.05) is 43.2 Å². The summed E-state index contributed by atoms with van der Waals surface area (Å²) >= 11 is 0. The van der Waals surface area contributed by atoms with Gasteiger partial charge in [-0.2, -0.15) is 0 Å². The summed E-state index contributed by atoms with van der Waals surface area (Å²) in [6.07, 6.45) is -0.399. The largest absolute Gasteiger partial charge is 0.495 e. The minimum Gasteiger partial charge on any atom is -0.495 e. The third-order valence-electron chi connectivity index (χ3n) is 5.58. The van der Waals surface area contributed by atoms with E-state index in [1.165, 1.54) is 25.6 Å². The Hall–Kier alpha value is -3.47. The van der Waals surface area contributed by atoms with Gasteiger partial charge in [0.15, 0.2) is 11.5 Å². The van der Waals surface area contributed by atoms with Crippen molar-refractivity contribution in [3.8, 4) is 17.2 Å². The number of hydrogen-bond acceptors (Lipinski definition) is 8. The fraction of sp³-hybridized carbons (Fsp3) is 0.364. The molecule has 1 atom stereocenters. The Morgan fingerprint density at radius 1 is 1.12 bits per heavy atom. The molecule has 2 aromatic rings. The number of rotatable bonds is 7. The van der Waals surface area contributed by atoms with Crippen molar-refractivity contribution < 1.29 is 37.0 Å². The minimum atomic E-state index is -3.43. The Bertz CT molecular complexity index is 1210. The van der Waals surface area contributed by atoms with E-state index in [-0.39, 0.29) is 23.5 Å². The molecular weight excluding hydrogens is 452 g/mol. The number of amides is 1. The number of anilines is 2. The summed E-state index contributed by atoms with van der Waals surface area (Å²) in [5, 5.41) is 2.74. The Morgan fingerprint density at radius 2 is 1.85 bits per heavy atom. The van der Waals surface area contributed by atoms with E-state index in [4.69, 9.17) is 18.9 Å². The van der Waals surface area contributed by atoms with Gasteiger partial charge in [-0.15, -0.1) is 0 Å².